The van der Waals surface area contributed by atoms with Crippen LogP contribution in [-0.2, 0) is 4.79 Å². The Balaban J connectivity index is 1.86. The maximum atomic E-state index is 11.1. The average Bonchev–Trinajstić information content (AvgIpc) is 3.25. The predicted molar refractivity (Wildman–Crippen MR) is 118 cm³/mol. The second kappa shape index (κ2) is 8.84. The number of hydrogen-bond acceptors (Lipinski definition) is 8. The van der Waals surface area contributed by atoms with Crippen molar-refractivity contribution in [2.45, 2.75) is 5.92 Å². The Bertz CT molecular complexity index is 1290. The molecular weight excluding hydrogens is 426 g/mol. The minimum Gasteiger partial charge on any atom is -0.497 e. The smallest absolute Gasteiger partial charge is 0.255 e. The van der Waals surface area contributed by atoms with Gasteiger partial charge in [0.05, 0.1) is 31.4 Å². The predicted octanol–water partition coefficient (Wildman–Crippen LogP) is 2.18. The van der Waals surface area contributed by atoms with Crippen LogP contribution in [0.25, 0.3) is 11.3 Å². The van der Waals surface area contributed by atoms with Crippen molar-refractivity contribution in [1.29, 1.82) is 5.26 Å². The Labute approximate surface area is 189 Å². The van der Waals surface area contributed by atoms with Crippen molar-refractivity contribution in [3.8, 4) is 40.5 Å². The lowest BCUT2D eigenvalue weighted by atomic mass is 9.83. The molecule has 2 heterocycles. The number of nitrogens with zero attached hydrogens (tertiary/aromatic N) is 2. The number of ether oxygens (including phenoxy) is 4. The first-order valence-corrected chi connectivity index (χ1v) is 9.86. The number of aromatic nitrogens is 2. The second-order valence-corrected chi connectivity index (χ2v) is 7.14. The van der Waals surface area contributed by atoms with E-state index in [-0.39, 0.29) is 23.9 Å². The summed E-state index contributed by atoms with van der Waals surface area (Å²) in [5.41, 5.74) is 14.2. The van der Waals surface area contributed by atoms with Crippen molar-refractivity contribution in [2.75, 3.05) is 20.8 Å². The summed E-state index contributed by atoms with van der Waals surface area (Å²) < 4.78 is 21.8. The highest BCUT2D eigenvalue weighted by atomic mass is 16.5. The van der Waals surface area contributed by atoms with E-state index in [9.17, 15) is 10.1 Å². The Morgan fingerprint density at radius 3 is 2.73 bits per heavy atom. The highest BCUT2D eigenvalue weighted by Gasteiger charge is 2.36. The van der Waals surface area contributed by atoms with Gasteiger partial charge in [-0.3, -0.25) is 9.89 Å². The molecule has 4 rings (SSSR count). The molecule has 1 aromatic heterocycles. The molecule has 10 nitrogen and oxygen atoms in total. The quantitative estimate of drug-likeness (QED) is 0.497. The van der Waals surface area contributed by atoms with Gasteiger partial charge < -0.3 is 30.4 Å². The lowest BCUT2D eigenvalue weighted by molar-refractivity contribution is -0.119. The third-order valence-electron chi connectivity index (χ3n) is 5.19. The van der Waals surface area contributed by atoms with Crippen LogP contribution in [0.5, 0.6) is 23.1 Å². The monoisotopic (exact) mass is 447 g/mol. The van der Waals surface area contributed by atoms with Crippen LogP contribution in [-0.4, -0.2) is 36.9 Å². The zero-order chi connectivity index (χ0) is 23.5. The van der Waals surface area contributed by atoms with Crippen molar-refractivity contribution < 1.29 is 23.7 Å². The molecule has 2 aromatic carbocycles. The number of nitrogens with one attached hydrogen (secondary N) is 1. The number of benzene rings is 2. The van der Waals surface area contributed by atoms with Gasteiger partial charge in [0.25, 0.3) is 5.91 Å². The molecule has 1 aliphatic heterocycles. The van der Waals surface area contributed by atoms with Crippen molar-refractivity contribution in [1.82, 2.24) is 10.2 Å². The van der Waals surface area contributed by atoms with E-state index in [0.29, 0.717) is 34.1 Å². The summed E-state index contributed by atoms with van der Waals surface area (Å²) in [5, 5.41) is 17.2. The van der Waals surface area contributed by atoms with Crippen LogP contribution >= 0.6 is 0 Å². The summed E-state index contributed by atoms with van der Waals surface area (Å²) in [7, 11) is 3.05. The number of rotatable bonds is 7. The lowest BCUT2D eigenvalue weighted by Gasteiger charge is -2.25. The van der Waals surface area contributed by atoms with Gasteiger partial charge in [-0.2, -0.15) is 5.26 Å². The third-order valence-corrected chi connectivity index (χ3v) is 5.19. The molecule has 33 heavy (non-hydrogen) atoms. The molecule has 10 heteroatoms. The Hall–Kier alpha value is -4.65. The average molecular weight is 447 g/mol. The number of nitriles is 1. The molecule has 3 aromatic rings. The van der Waals surface area contributed by atoms with Crippen LogP contribution < -0.4 is 30.4 Å². The van der Waals surface area contributed by atoms with Crippen LogP contribution in [0.4, 0.5) is 0 Å². The SMILES string of the molecule is COc1cccc(-c2[nH]nc3c2[C@H](c2ccc(OCC(N)=O)c(OC)c2)C(C#N)=C(N)O3)c1. The van der Waals surface area contributed by atoms with Crippen LogP contribution in [0.3, 0.4) is 0 Å². The van der Waals surface area contributed by atoms with E-state index >= 15 is 0 Å². The largest absolute Gasteiger partial charge is 0.497 e. The van der Waals surface area contributed by atoms with Gasteiger partial charge in [0.15, 0.2) is 18.1 Å². The van der Waals surface area contributed by atoms with Gasteiger partial charge in [-0.1, -0.05) is 18.2 Å². The van der Waals surface area contributed by atoms with Gasteiger partial charge in [-0.25, -0.2) is 0 Å². The molecular formula is C23H21N5O5. The third kappa shape index (κ3) is 3.99. The summed E-state index contributed by atoms with van der Waals surface area (Å²) in [4.78, 5) is 11.1. The van der Waals surface area contributed by atoms with Crippen LogP contribution in [0.2, 0.25) is 0 Å². The van der Waals surface area contributed by atoms with E-state index in [0.717, 1.165) is 5.56 Å². The van der Waals surface area contributed by atoms with Crippen molar-refractivity contribution in [3.63, 3.8) is 0 Å². The molecule has 0 fully saturated rings. The number of primary amides is 1. The number of hydrogen-bond donors (Lipinski definition) is 3. The van der Waals surface area contributed by atoms with E-state index in [4.69, 9.17) is 30.4 Å². The first-order chi connectivity index (χ1) is 16.0. The van der Waals surface area contributed by atoms with Gasteiger partial charge >= 0.3 is 0 Å². The molecule has 0 bridgehead atoms. The zero-order valence-electron chi connectivity index (χ0n) is 17.9. The number of H-pyrrole nitrogens is 1. The number of fused-ring (bicyclic) bond motifs is 1. The number of allylic oxidation sites excluding steroid dienone is 1. The van der Waals surface area contributed by atoms with Gasteiger partial charge in [0, 0.05) is 5.56 Å². The van der Waals surface area contributed by atoms with Crippen LogP contribution in [0.15, 0.2) is 53.9 Å². The molecule has 0 saturated carbocycles. The number of methoxy groups -OCH3 is 2. The van der Waals surface area contributed by atoms with Crippen molar-refractivity contribution in [2.24, 2.45) is 11.5 Å². The molecule has 1 amide bonds. The molecule has 1 aliphatic rings. The first kappa shape index (κ1) is 21.6. The Kier molecular flexibility index (Phi) is 5.78. The van der Waals surface area contributed by atoms with Crippen molar-refractivity contribution in [3.05, 3.63) is 65.0 Å². The molecule has 0 saturated heterocycles. The molecule has 0 spiro atoms. The number of carbonyl (C=O) groups is 1. The number of aromatic amines is 1. The van der Waals surface area contributed by atoms with Gasteiger partial charge in [0.2, 0.25) is 11.8 Å². The second-order valence-electron chi connectivity index (χ2n) is 7.14. The maximum absolute atomic E-state index is 11.1. The molecule has 168 valence electrons. The van der Waals surface area contributed by atoms with Gasteiger partial charge in [-0.15, -0.1) is 5.10 Å². The zero-order valence-corrected chi connectivity index (χ0v) is 17.9. The lowest BCUT2D eigenvalue weighted by Crippen LogP contribution is -2.21. The fraction of sp³-hybridized carbons (Fsp3) is 0.174. The van der Waals surface area contributed by atoms with Crippen LogP contribution in [0.1, 0.15) is 17.0 Å². The summed E-state index contributed by atoms with van der Waals surface area (Å²) in [6, 6.07) is 14.7. The van der Waals surface area contributed by atoms with E-state index < -0.39 is 11.8 Å². The minimum atomic E-state index is -0.612. The fourth-order valence-electron chi connectivity index (χ4n) is 3.71. The van der Waals surface area contributed by atoms with E-state index in [2.05, 4.69) is 16.3 Å². The highest BCUT2D eigenvalue weighted by Crippen LogP contribution is 2.47. The molecule has 0 unspecified atom stereocenters. The van der Waals surface area contributed by atoms with Crippen LogP contribution in [0, 0.1) is 11.3 Å². The highest BCUT2D eigenvalue weighted by molar-refractivity contribution is 5.75. The number of carbonyl (C=O) groups excluding carboxylic acids is 1. The molecule has 1 atom stereocenters. The van der Waals surface area contributed by atoms with Gasteiger partial charge in [0.1, 0.15) is 17.4 Å². The Morgan fingerprint density at radius 2 is 2.03 bits per heavy atom. The van der Waals surface area contributed by atoms with E-state index in [1.165, 1.54) is 7.11 Å². The normalized spacial score (nSPS) is 14.6. The Morgan fingerprint density at radius 1 is 1.21 bits per heavy atom. The minimum absolute atomic E-state index is 0.0354. The summed E-state index contributed by atoms with van der Waals surface area (Å²) in [5.74, 6) is 0.384. The topological polar surface area (TPSA) is 158 Å². The first-order valence-electron chi connectivity index (χ1n) is 9.86. The number of nitrogens with two attached hydrogens (primary N) is 2. The fourth-order valence-corrected chi connectivity index (χ4v) is 3.71. The maximum Gasteiger partial charge on any atom is 0.255 e. The number of amides is 1. The van der Waals surface area contributed by atoms with Crippen molar-refractivity contribution >= 4 is 5.91 Å². The molecule has 0 aliphatic carbocycles. The summed E-state index contributed by atoms with van der Waals surface area (Å²) in [6.07, 6.45) is 0. The summed E-state index contributed by atoms with van der Waals surface area (Å²) >= 11 is 0. The molecule has 5 N–H and O–H groups in total. The standard InChI is InChI=1S/C23H21N5O5/c1-30-14-5-3-4-13(8-14)21-20-19(15(10-24)22(26)33-23(20)28-27-21)12-6-7-16(17(9-12)31-2)32-11-18(25)29/h3-9,19H,11,26H2,1-2H3,(H2,25,29)(H,27,28)/t19-/m1/s1. The summed E-state index contributed by atoms with van der Waals surface area (Å²) in [6.45, 7) is -0.296. The van der Waals surface area contributed by atoms with E-state index in [1.54, 1.807) is 25.3 Å². The van der Waals surface area contributed by atoms with Gasteiger partial charge in [-0.05, 0) is 29.8 Å². The van der Waals surface area contributed by atoms with E-state index in [1.807, 2.05) is 24.3 Å². The molecule has 0 radical (unpaired) electrons.